The van der Waals surface area contributed by atoms with Gasteiger partial charge in [0.2, 0.25) is 0 Å². The Hall–Kier alpha value is -1.99. The van der Waals surface area contributed by atoms with Crippen molar-refractivity contribution in [1.82, 2.24) is 0 Å². The molecule has 0 spiro atoms. The normalized spacial score (nSPS) is 13.7. The van der Waals surface area contributed by atoms with Crippen LogP contribution in [0.15, 0.2) is 87.5 Å². The second kappa shape index (κ2) is 10.2. The molecule has 0 N–H and O–H groups in total. The summed E-state index contributed by atoms with van der Waals surface area (Å²) in [6.07, 6.45) is 2.42. The van der Waals surface area contributed by atoms with E-state index in [0.717, 1.165) is 0 Å². The highest BCUT2D eigenvalue weighted by molar-refractivity contribution is 8.33. The van der Waals surface area contributed by atoms with Gasteiger partial charge in [0.25, 0.3) is 0 Å². The molecule has 0 saturated carbocycles. The van der Waals surface area contributed by atoms with E-state index in [0.29, 0.717) is 0 Å². The zero-order valence-corrected chi connectivity index (χ0v) is 24.8. The van der Waals surface area contributed by atoms with Crippen LogP contribution in [0, 0.1) is 0 Å². The number of benzene rings is 3. The second-order valence-corrected chi connectivity index (χ2v) is 16.4. The summed E-state index contributed by atoms with van der Waals surface area (Å²) < 4.78 is 0. The molecule has 0 aliphatic rings. The molecule has 190 valence electrons. The summed E-state index contributed by atoms with van der Waals surface area (Å²) in [6, 6.07) is 28.8. The van der Waals surface area contributed by atoms with Crippen molar-refractivity contribution in [2.75, 3.05) is 5.75 Å². The van der Waals surface area contributed by atoms with Crippen LogP contribution in [0.4, 0.5) is 0 Å². The fourth-order valence-corrected chi connectivity index (χ4v) is 8.73. The minimum atomic E-state index is -1.38. The maximum absolute atomic E-state index is 2.43. The van der Waals surface area contributed by atoms with E-state index in [-0.39, 0.29) is 16.2 Å². The summed E-state index contributed by atoms with van der Waals surface area (Å²) in [5.41, 5.74) is 4.66. The van der Waals surface area contributed by atoms with Crippen LogP contribution < -0.4 is 0 Å². The number of unbranched alkanes of at least 4 members (excludes halogenated alkanes) is 1. The highest BCUT2D eigenvalue weighted by Crippen LogP contribution is 2.68. The van der Waals surface area contributed by atoms with Crippen molar-refractivity contribution in [2.24, 2.45) is 0 Å². The van der Waals surface area contributed by atoms with Crippen molar-refractivity contribution in [3.05, 3.63) is 89.5 Å². The first-order valence-electron chi connectivity index (χ1n) is 13.3. The van der Waals surface area contributed by atoms with E-state index in [1.807, 2.05) is 0 Å². The largest absolute Gasteiger partial charge is 0.160 e. The molecule has 0 saturated heterocycles. The molecular formula is C34H48S. The average molecular weight is 489 g/mol. The lowest BCUT2D eigenvalue weighted by molar-refractivity contribution is 0.589. The summed E-state index contributed by atoms with van der Waals surface area (Å²) in [5, 5.41) is 0. The monoisotopic (exact) mass is 488 g/mol. The van der Waals surface area contributed by atoms with Gasteiger partial charge < -0.3 is 0 Å². The fraction of sp³-hybridized carbons (Fsp3) is 0.471. The van der Waals surface area contributed by atoms with Gasteiger partial charge in [0, 0.05) is 0 Å². The summed E-state index contributed by atoms with van der Waals surface area (Å²) in [5.74, 6) is 1.18. The molecule has 0 aliphatic heterocycles. The molecule has 0 unspecified atom stereocenters. The molecule has 0 aliphatic carbocycles. The van der Waals surface area contributed by atoms with Crippen LogP contribution in [0.25, 0.3) is 0 Å². The topological polar surface area (TPSA) is 0 Å². The molecule has 0 aromatic heterocycles. The van der Waals surface area contributed by atoms with E-state index in [1.165, 1.54) is 50.0 Å². The minimum absolute atomic E-state index is 0.155. The molecule has 1 heteroatoms. The van der Waals surface area contributed by atoms with Crippen molar-refractivity contribution in [3.8, 4) is 0 Å². The second-order valence-electron chi connectivity index (χ2n) is 13.1. The number of hydrogen-bond donors (Lipinski definition) is 0. The Balaban J connectivity index is 2.27. The third-order valence-corrected chi connectivity index (χ3v) is 11.3. The summed E-state index contributed by atoms with van der Waals surface area (Å²) in [6.45, 7) is 23.0. The quantitative estimate of drug-likeness (QED) is 0.323. The lowest BCUT2D eigenvalue weighted by Gasteiger charge is -2.42. The standard InChI is InChI=1S/C34H48S/c1-11-12-25-35(29-19-13-26(14-20-29)32(2,3)4,30-21-15-27(16-22-30)33(5,6)7)31-23-17-28(18-24-31)34(8,9)10/h13-24H,11-12,25H2,1-10H3. The van der Waals surface area contributed by atoms with Crippen molar-refractivity contribution >= 4 is 10.0 Å². The Kier molecular flexibility index (Phi) is 8.02. The van der Waals surface area contributed by atoms with Crippen molar-refractivity contribution < 1.29 is 0 Å². The van der Waals surface area contributed by atoms with Crippen LogP contribution in [0.2, 0.25) is 0 Å². The summed E-state index contributed by atoms with van der Waals surface area (Å²) in [4.78, 5) is 4.43. The Labute approximate surface area is 217 Å². The molecule has 3 aromatic rings. The van der Waals surface area contributed by atoms with Gasteiger partial charge in [-0.3, -0.25) is 0 Å². The molecular weight excluding hydrogens is 440 g/mol. The maximum atomic E-state index is 2.43. The fourth-order valence-electron chi connectivity index (χ4n) is 4.68. The van der Waals surface area contributed by atoms with E-state index in [2.05, 4.69) is 142 Å². The van der Waals surface area contributed by atoms with E-state index < -0.39 is 10.0 Å². The van der Waals surface area contributed by atoms with E-state index >= 15 is 0 Å². The molecule has 35 heavy (non-hydrogen) atoms. The molecule has 0 radical (unpaired) electrons. The molecule has 0 bridgehead atoms. The maximum Gasteiger partial charge on any atom is -0.00185 e. The van der Waals surface area contributed by atoms with Gasteiger partial charge in [0.05, 0.1) is 0 Å². The summed E-state index contributed by atoms with van der Waals surface area (Å²) in [7, 11) is -1.38. The zero-order chi connectivity index (χ0) is 26.1. The van der Waals surface area contributed by atoms with Gasteiger partial charge in [-0.25, -0.2) is 0 Å². The van der Waals surface area contributed by atoms with Gasteiger partial charge in [-0.15, -0.1) is 0 Å². The lowest BCUT2D eigenvalue weighted by Crippen LogP contribution is -2.14. The van der Waals surface area contributed by atoms with Gasteiger partial charge in [-0.2, -0.15) is 10.0 Å². The van der Waals surface area contributed by atoms with Crippen LogP contribution in [-0.2, 0) is 16.2 Å². The predicted octanol–water partition coefficient (Wildman–Crippen LogP) is 10.7. The van der Waals surface area contributed by atoms with E-state index in [1.54, 1.807) is 0 Å². The highest BCUT2D eigenvalue weighted by atomic mass is 32.3. The van der Waals surface area contributed by atoms with Crippen LogP contribution in [-0.4, -0.2) is 5.75 Å². The first-order valence-corrected chi connectivity index (χ1v) is 15.1. The SMILES string of the molecule is CCCCS(c1ccc(C(C)(C)C)cc1)(c1ccc(C(C)(C)C)cc1)c1ccc(C(C)(C)C)cc1. The van der Waals surface area contributed by atoms with Gasteiger partial charge in [0.1, 0.15) is 0 Å². The van der Waals surface area contributed by atoms with Crippen LogP contribution in [0.3, 0.4) is 0 Å². The number of rotatable bonds is 6. The molecule has 0 fully saturated rings. The van der Waals surface area contributed by atoms with Crippen LogP contribution in [0.5, 0.6) is 0 Å². The van der Waals surface area contributed by atoms with Crippen molar-refractivity contribution in [3.63, 3.8) is 0 Å². The molecule has 3 aromatic carbocycles. The zero-order valence-electron chi connectivity index (χ0n) is 24.0. The third-order valence-electron chi connectivity index (χ3n) is 7.17. The van der Waals surface area contributed by atoms with Gasteiger partial charge in [-0.05, 0) is 96.2 Å². The molecule has 0 amide bonds. The van der Waals surface area contributed by atoms with Gasteiger partial charge in [-0.1, -0.05) is 112 Å². The van der Waals surface area contributed by atoms with Crippen molar-refractivity contribution in [1.29, 1.82) is 0 Å². The van der Waals surface area contributed by atoms with Crippen LogP contribution in [0.1, 0.15) is 98.8 Å². The Morgan fingerprint density at radius 3 is 0.914 bits per heavy atom. The van der Waals surface area contributed by atoms with Gasteiger partial charge >= 0.3 is 0 Å². The molecule has 3 rings (SSSR count). The number of hydrogen-bond acceptors (Lipinski definition) is 0. The highest BCUT2D eigenvalue weighted by Gasteiger charge is 2.32. The lowest BCUT2D eigenvalue weighted by atomic mass is 9.87. The van der Waals surface area contributed by atoms with Gasteiger partial charge in [0.15, 0.2) is 0 Å². The van der Waals surface area contributed by atoms with Crippen molar-refractivity contribution in [2.45, 2.75) is 113 Å². The molecule has 0 heterocycles. The minimum Gasteiger partial charge on any atom is -0.160 e. The van der Waals surface area contributed by atoms with E-state index in [4.69, 9.17) is 0 Å². The Morgan fingerprint density at radius 2 is 0.714 bits per heavy atom. The average Bonchev–Trinajstić information content (AvgIpc) is 2.79. The smallest absolute Gasteiger partial charge is 0.00185 e. The predicted molar refractivity (Wildman–Crippen MR) is 158 cm³/mol. The van der Waals surface area contributed by atoms with E-state index in [9.17, 15) is 0 Å². The Bertz CT molecular complexity index is 941. The first-order chi connectivity index (χ1) is 16.2. The first kappa shape index (κ1) is 27.6. The van der Waals surface area contributed by atoms with Crippen LogP contribution >= 0.6 is 10.0 Å². The summed E-state index contributed by atoms with van der Waals surface area (Å²) >= 11 is 0. The molecule has 0 nitrogen and oxygen atoms in total. The Morgan fingerprint density at radius 1 is 0.457 bits per heavy atom. The molecule has 0 atom stereocenters. The third kappa shape index (κ3) is 6.05.